The normalized spacial score (nSPS) is 10.9. The quantitative estimate of drug-likeness (QED) is 0.330. The van der Waals surface area contributed by atoms with Crippen LogP contribution < -0.4 is 0 Å². The summed E-state index contributed by atoms with van der Waals surface area (Å²) in [5.74, 6) is 0. The molecule has 0 aromatic carbocycles. The van der Waals surface area contributed by atoms with Crippen LogP contribution in [0.1, 0.15) is 13.3 Å². The molecule has 0 bridgehead atoms. The Balaban J connectivity index is 3.09. The maximum absolute atomic E-state index is 9.63. The standard InChI is InChI=1S/C8H12O2/c1-2-3-4-5-6-7-10-8-9/h2-5,8H,6-7H2,1H3/b3-2+,5-4-. The van der Waals surface area contributed by atoms with E-state index in [0.29, 0.717) is 13.1 Å². The molecule has 0 aromatic heterocycles. The lowest BCUT2D eigenvalue weighted by Gasteiger charge is -1.89. The van der Waals surface area contributed by atoms with Gasteiger partial charge in [0.2, 0.25) is 0 Å². The van der Waals surface area contributed by atoms with Gasteiger partial charge >= 0.3 is 0 Å². The van der Waals surface area contributed by atoms with Crippen molar-refractivity contribution in [3.05, 3.63) is 24.3 Å². The maximum Gasteiger partial charge on any atom is 0.293 e. The van der Waals surface area contributed by atoms with Gasteiger partial charge in [-0.3, -0.25) is 4.79 Å². The van der Waals surface area contributed by atoms with E-state index in [9.17, 15) is 4.79 Å². The van der Waals surface area contributed by atoms with E-state index in [1.165, 1.54) is 0 Å². The first-order valence-corrected chi connectivity index (χ1v) is 3.25. The maximum atomic E-state index is 9.63. The van der Waals surface area contributed by atoms with E-state index in [2.05, 4.69) is 4.74 Å². The average molecular weight is 140 g/mol. The highest BCUT2D eigenvalue weighted by Gasteiger charge is 1.76. The molecule has 0 spiro atoms. The Labute approximate surface area is 61.2 Å². The van der Waals surface area contributed by atoms with Crippen molar-refractivity contribution >= 4 is 6.47 Å². The minimum Gasteiger partial charge on any atom is -0.468 e. The third-order valence-corrected chi connectivity index (χ3v) is 0.910. The lowest BCUT2D eigenvalue weighted by molar-refractivity contribution is -0.128. The van der Waals surface area contributed by atoms with Crippen LogP contribution in [-0.4, -0.2) is 13.1 Å². The Morgan fingerprint density at radius 1 is 1.40 bits per heavy atom. The molecule has 56 valence electrons. The molecule has 2 nitrogen and oxygen atoms in total. The summed E-state index contributed by atoms with van der Waals surface area (Å²) in [6.07, 6.45) is 8.53. The summed E-state index contributed by atoms with van der Waals surface area (Å²) in [5, 5.41) is 0. The van der Waals surface area contributed by atoms with Crippen molar-refractivity contribution in [2.75, 3.05) is 6.61 Å². The molecule has 0 aliphatic carbocycles. The molecular weight excluding hydrogens is 128 g/mol. The molecule has 0 saturated heterocycles. The third kappa shape index (κ3) is 6.95. The highest BCUT2D eigenvalue weighted by atomic mass is 16.5. The molecular formula is C8H12O2. The predicted molar refractivity (Wildman–Crippen MR) is 40.6 cm³/mol. The second-order valence-corrected chi connectivity index (χ2v) is 1.71. The summed E-state index contributed by atoms with van der Waals surface area (Å²) < 4.78 is 4.46. The summed E-state index contributed by atoms with van der Waals surface area (Å²) in [4.78, 5) is 9.63. The van der Waals surface area contributed by atoms with Crippen LogP contribution in [0.25, 0.3) is 0 Å². The van der Waals surface area contributed by atoms with E-state index in [4.69, 9.17) is 0 Å². The van der Waals surface area contributed by atoms with E-state index in [-0.39, 0.29) is 0 Å². The van der Waals surface area contributed by atoms with Crippen LogP contribution in [0.5, 0.6) is 0 Å². The molecule has 0 aromatic rings. The minimum absolute atomic E-state index is 0.462. The Bertz CT molecular complexity index is 125. The molecule has 0 rings (SSSR count). The van der Waals surface area contributed by atoms with Crippen molar-refractivity contribution in [1.82, 2.24) is 0 Å². The Morgan fingerprint density at radius 2 is 2.20 bits per heavy atom. The van der Waals surface area contributed by atoms with Gasteiger partial charge in [-0.1, -0.05) is 24.3 Å². The zero-order valence-corrected chi connectivity index (χ0v) is 6.12. The first-order chi connectivity index (χ1) is 4.91. The number of carbonyl (C=O) groups excluding carboxylic acids is 1. The van der Waals surface area contributed by atoms with Gasteiger partial charge in [0.15, 0.2) is 0 Å². The van der Waals surface area contributed by atoms with Crippen LogP contribution in [-0.2, 0) is 9.53 Å². The molecule has 0 aliphatic rings. The molecule has 10 heavy (non-hydrogen) atoms. The van der Waals surface area contributed by atoms with Crippen LogP contribution in [0.3, 0.4) is 0 Å². The van der Waals surface area contributed by atoms with Crippen molar-refractivity contribution in [2.24, 2.45) is 0 Å². The summed E-state index contributed by atoms with van der Waals surface area (Å²) >= 11 is 0. The number of hydrogen-bond acceptors (Lipinski definition) is 2. The second-order valence-electron chi connectivity index (χ2n) is 1.71. The lowest BCUT2D eigenvalue weighted by atomic mass is 10.4. The molecule has 0 atom stereocenters. The monoisotopic (exact) mass is 140 g/mol. The van der Waals surface area contributed by atoms with Gasteiger partial charge < -0.3 is 4.74 Å². The molecule has 0 saturated carbocycles. The minimum atomic E-state index is 0.462. The summed E-state index contributed by atoms with van der Waals surface area (Å²) in [7, 11) is 0. The molecule has 0 unspecified atom stereocenters. The molecule has 2 heteroatoms. The van der Waals surface area contributed by atoms with E-state index in [0.717, 1.165) is 6.42 Å². The third-order valence-electron chi connectivity index (χ3n) is 0.910. The number of hydrogen-bond donors (Lipinski definition) is 0. The largest absolute Gasteiger partial charge is 0.468 e. The molecule has 0 heterocycles. The Hall–Kier alpha value is -1.05. The topological polar surface area (TPSA) is 26.3 Å². The summed E-state index contributed by atoms with van der Waals surface area (Å²) in [5.41, 5.74) is 0. The molecule has 0 N–H and O–H groups in total. The fraction of sp³-hybridized carbons (Fsp3) is 0.375. The highest BCUT2D eigenvalue weighted by molar-refractivity contribution is 5.36. The van der Waals surface area contributed by atoms with Gasteiger partial charge in [-0.2, -0.15) is 0 Å². The fourth-order valence-corrected chi connectivity index (χ4v) is 0.470. The van der Waals surface area contributed by atoms with Gasteiger partial charge in [0.25, 0.3) is 6.47 Å². The van der Waals surface area contributed by atoms with Gasteiger partial charge in [0.1, 0.15) is 0 Å². The molecule has 0 fully saturated rings. The van der Waals surface area contributed by atoms with Crippen molar-refractivity contribution in [3.63, 3.8) is 0 Å². The number of allylic oxidation sites excluding steroid dienone is 3. The van der Waals surface area contributed by atoms with Crippen LogP contribution in [0.15, 0.2) is 24.3 Å². The molecule has 0 aliphatic heterocycles. The van der Waals surface area contributed by atoms with E-state index < -0.39 is 0 Å². The van der Waals surface area contributed by atoms with Gasteiger partial charge in [-0.25, -0.2) is 0 Å². The van der Waals surface area contributed by atoms with Gasteiger partial charge in [0.05, 0.1) is 6.61 Å². The second kappa shape index (κ2) is 7.95. The van der Waals surface area contributed by atoms with Gasteiger partial charge in [0, 0.05) is 0 Å². The lowest BCUT2D eigenvalue weighted by Crippen LogP contribution is -1.87. The van der Waals surface area contributed by atoms with Crippen LogP contribution >= 0.6 is 0 Å². The number of ether oxygens (including phenoxy) is 1. The van der Waals surface area contributed by atoms with E-state index >= 15 is 0 Å². The zero-order chi connectivity index (χ0) is 7.66. The van der Waals surface area contributed by atoms with Crippen molar-refractivity contribution < 1.29 is 9.53 Å². The molecule has 0 radical (unpaired) electrons. The van der Waals surface area contributed by atoms with Crippen molar-refractivity contribution in [3.8, 4) is 0 Å². The van der Waals surface area contributed by atoms with E-state index in [1.54, 1.807) is 0 Å². The zero-order valence-electron chi connectivity index (χ0n) is 6.12. The van der Waals surface area contributed by atoms with E-state index in [1.807, 2.05) is 31.2 Å². The smallest absolute Gasteiger partial charge is 0.293 e. The van der Waals surface area contributed by atoms with Crippen molar-refractivity contribution in [1.29, 1.82) is 0 Å². The fourth-order valence-electron chi connectivity index (χ4n) is 0.470. The number of rotatable bonds is 5. The highest BCUT2D eigenvalue weighted by Crippen LogP contribution is 1.84. The summed E-state index contributed by atoms with van der Waals surface area (Å²) in [6, 6.07) is 0. The average Bonchev–Trinajstić information content (AvgIpc) is 1.97. The van der Waals surface area contributed by atoms with Gasteiger partial charge in [-0.15, -0.1) is 0 Å². The Kier molecular flexibility index (Phi) is 7.12. The van der Waals surface area contributed by atoms with Crippen LogP contribution in [0.4, 0.5) is 0 Å². The van der Waals surface area contributed by atoms with Crippen molar-refractivity contribution in [2.45, 2.75) is 13.3 Å². The SMILES string of the molecule is C/C=C/C=C\CCOC=O. The Morgan fingerprint density at radius 3 is 2.80 bits per heavy atom. The molecule has 0 amide bonds. The first kappa shape index (κ1) is 8.95. The van der Waals surface area contributed by atoms with Crippen LogP contribution in [0.2, 0.25) is 0 Å². The number of carbonyl (C=O) groups is 1. The summed E-state index contributed by atoms with van der Waals surface area (Å²) in [6.45, 7) is 2.88. The first-order valence-electron chi connectivity index (χ1n) is 3.25. The van der Waals surface area contributed by atoms with Gasteiger partial charge in [-0.05, 0) is 13.3 Å². The van der Waals surface area contributed by atoms with Crippen LogP contribution in [0, 0.1) is 0 Å². The predicted octanol–water partition coefficient (Wildman–Crippen LogP) is 1.68.